The van der Waals surface area contributed by atoms with Gasteiger partial charge in [0.25, 0.3) is 0 Å². The van der Waals surface area contributed by atoms with Crippen molar-refractivity contribution in [1.82, 2.24) is 4.98 Å². The Morgan fingerprint density at radius 3 is 2.50 bits per heavy atom. The maximum atomic E-state index is 5.48. The number of hydrogen-bond acceptors (Lipinski definition) is 5. The molecule has 1 heterocycles. The second-order valence-electron chi connectivity index (χ2n) is 3.85. The summed E-state index contributed by atoms with van der Waals surface area (Å²) in [5.41, 5.74) is 7.99. The Bertz CT molecular complexity index is 549. The van der Waals surface area contributed by atoms with Crippen molar-refractivity contribution in [2.45, 2.75) is 13.5 Å². The predicted molar refractivity (Wildman–Crippen MR) is 67.7 cm³/mol. The zero-order chi connectivity index (χ0) is 13.1. The molecule has 18 heavy (non-hydrogen) atoms. The van der Waals surface area contributed by atoms with E-state index in [1.54, 1.807) is 20.5 Å². The van der Waals surface area contributed by atoms with Crippen LogP contribution in [0.1, 0.15) is 11.5 Å². The monoisotopic (exact) mass is 248 g/mol. The van der Waals surface area contributed by atoms with E-state index in [9.17, 15) is 0 Å². The van der Waals surface area contributed by atoms with Crippen LogP contribution in [-0.4, -0.2) is 19.2 Å². The van der Waals surface area contributed by atoms with Crippen LogP contribution in [0.5, 0.6) is 11.5 Å². The molecule has 5 heteroatoms. The molecule has 0 saturated heterocycles. The first-order chi connectivity index (χ1) is 8.69. The van der Waals surface area contributed by atoms with Gasteiger partial charge in [0.15, 0.2) is 0 Å². The van der Waals surface area contributed by atoms with Gasteiger partial charge in [-0.3, -0.25) is 0 Å². The fourth-order valence-electron chi connectivity index (χ4n) is 1.78. The van der Waals surface area contributed by atoms with Crippen LogP contribution in [0.4, 0.5) is 0 Å². The van der Waals surface area contributed by atoms with Gasteiger partial charge >= 0.3 is 0 Å². The summed E-state index contributed by atoms with van der Waals surface area (Å²) in [5, 5.41) is 0. The van der Waals surface area contributed by atoms with Crippen LogP contribution < -0.4 is 15.2 Å². The fraction of sp³-hybridized carbons (Fsp3) is 0.308. The molecule has 0 spiro atoms. The van der Waals surface area contributed by atoms with Crippen molar-refractivity contribution >= 4 is 0 Å². The highest BCUT2D eigenvalue weighted by Gasteiger charge is 2.14. The molecule has 0 atom stereocenters. The number of ether oxygens (including phenoxy) is 2. The Kier molecular flexibility index (Phi) is 3.53. The topological polar surface area (TPSA) is 70.5 Å². The van der Waals surface area contributed by atoms with Gasteiger partial charge in [0.2, 0.25) is 5.89 Å². The second-order valence-corrected chi connectivity index (χ2v) is 3.85. The summed E-state index contributed by atoms with van der Waals surface area (Å²) in [4.78, 5) is 4.29. The van der Waals surface area contributed by atoms with Crippen LogP contribution in [-0.2, 0) is 6.54 Å². The maximum Gasteiger partial charge on any atom is 0.208 e. The van der Waals surface area contributed by atoms with Crippen LogP contribution >= 0.6 is 0 Å². The number of rotatable bonds is 4. The third-order valence-corrected chi connectivity index (χ3v) is 2.72. The minimum atomic E-state index is 0.269. The van der Waals surface area contributed by atoms with E-state index in [-0.39, 0.29) is 6.54 Å². The van der Waals surface area contributed by atoms with Gasteiger partial charge in [-0.15, -0.1) is 0 Å². The zero-order valence-corrected chi connectivity index (χ0v) is 10.7. The number of methoxy groups -OCH3 is 2. The van der Waals surface area contributed by atoms with Crippen molar-refractivity contribution in [2.24, 2.45) is 5.73 Å². The summed E-state index contributed by atoms with van der Waals surface area (Å²) < 4.78 is 15.9. The number of aromatic nitrogens is 1. The summed E-state index contributed by atoms with van der Waals surface area (Å²) in [6.45, 7) is 2.23. The summed E-state index contributed by atoms with van der Waals surface area (Å²) in [6.07, 6.45) is 1.56. The van der Waals surface area contributed by atoms with Gasteiger partial charge in [0, 0.05) is 5.56 Å². The van der Waals surface area contributed by atoms with Gasteiger partial charge in [0.05, 0.1) is 20.8 Å². The van der Waals surface area contributed by atoms with E-state index in [2.05, 4.69) is 4.98 Å². The SMILES string of the molecule is COc1cc(-c2coc(CN)n2)c(OC)cc1C. The predicted octanol–water partition coefficient (Wildman–Crippen LogP) is 2.13. The quantitative estimate of drug-likeness (QED) is 0.897. The number of nitrogens with two attached hydrogens (primary N) is 1. The van der Waals surface area contributed by atoms with Gasteiger partial charge in [-0.1, -0.05) is 0 Å². The zero-order valence-electron chi connectivity index (χ0n) is 10.7. The summed E-state index contributed by atoms with van der Waals surface area (Å²) >= 11 is 0. The largest absolute Gasteiger partial charge is 0.496 e. The summed E-state index contributed by atoms with van der Waals surface area (Å²) in [6, 6.07) is 3.79. The van der Waals surface area contributed by atoms with Crippen LogP contribution in [0.3, 0.4) is 0 Å². The minimum absolute atomic E-state index is 0.269. The highest BCUT2D eigenvalue weighted by atomic mass is 16.5. The molecule has 0 aliphatic rings. The lowest BCUT2D eigenvalue weighted by Crippen LogP contribution is -1.96. The van der Waals surface area contributed by atoms with Crippen molar-refractivity contribution in [2.75, 3.05) is 14.2 Å². The molecule has 0 unspecified atom stereocenters. The van der Waals surface area contributed by atoms with E-state index in [0.29, 0.717) is 11.6 Å². The fourth-order valence-corrected chi connectivity index (χ4v) is 1.78. The van der Waals surface area contributed by atoms with E-state index >= 15 is 0 Å². The molecule has 0 aliphatic carbocycles. The van der Waals surface area contributed by atoms with Crippen molar-refractivity contribution in [1.29, 1.82) is 0 Å². The Hall–Kier alpha value is -2.01. The molecular weight excluding hydrogens is 232 g/mol. The van der Waals surface area contributed by atoms with Crippen molar-refractivity contribution in [3.63, 3.8) is 0 Å². The van der Waals surface area contributed by atoms with Crippen molar-refractivity contribution in [3.05, 3.63) is 29.9 Å². The van der Waals surface area contributed by atoms with Crippen LogP contribution in [0.25, 0.3) is 11.3 Å². The normalized spacial score (nSPS) is 10.4. The number of nitrogens with zero attached hydrogens (tertiary/aromatic N) is 1. The molecule has 2 aromatic rings. The average Bonchev–Trinajstić information content (AvgIpc) is 2.87. The van der Waals surface area contributed by atoms with Crippen LogP contribution in [0.2, 0.25) is 0 Å². The minimum Gasteiger partial charge on any atom is -0.496 e. The molecule has 0 radical (unpaired) electrons. The first-order valence-electron chi connectivity index (χ1n) is 5.57. The van der Waals surface area contributed by atoms with E-state index < -0.39 is 0 Å². The summed E-state index contributed by atoms with van der Waals surface area (Å²) in [5.74, 6) is 2.00. The molecule has 0 bridgehead atoms. The summed E-state index contributed by atoms with van der Waals surface area (Å²) in [7, 11) is 3.25. The van der Waals surface area contributed by atoms with Crippen LogP contribution in [0.15, 0.2) is 22.8 Å². The van der Waals surface area contributed by atoms with Gasteiger partial charge in [-0.25, -0.2) is 4.98 Å². The molecule has 0 fully saturated rings. The first kappa shape index (κ1) is 12.4. The second kappa shape index (κ2) is 5.10. The van der Waals surface area contributed by atoms with E-state index in [4.69, 9.17) is 19.6 Å². The molecule has 0 amide bonds. The number of oxazole rings is 1. The lowest BCUT2D eigenvalue weighted by molar-refractivity contribution is 0.401. The van der Waals surface area contributed by atoms with Gasteiger partial charge in [0.1, 0.15) is 23.5 Å². The first-order valence-corrected chi connectivity index (χ1v) is 5.57. The van der Waals surface area contributed by atoms with E-state index in [1.165, 1.54) is 0 Å². The Morgan fingerprint density at radius 2 is 1.94 bits per heavy atom. The lowest BCUT2D eigenvalue weighted by Gasteiger charge is -2.11. The van der Waals surface area contributed by atoms with Crippen LogP contribution in [0, 0.1) is 6.92 Å². The third kappa shape index (κ3) is 2.17. The molecule has 0 aliphatic heterocycles. The standard InChI is InChI=1S/C13H16N2O3/c1-8-4-12(17-3)9(5-11(8)16-2)10-7-18-13(6-14)15-10/h4-5,7H,6,14H2,1-3H3. The molecule has 2 rings (SSSR count). The van der Waals surface area contributed by atoms with Crippen molar-refractivity contribution < 1.29 is 13.9 Å². The Morgan fingerprint density at radius 1 is 1.22 bits per heavy atom. The molecule has 0 saturated carbocycles. The van der Waals surface area contributed by atoms with Gasteiger partial charge in [-0.2, -0.15) is 0 Å². The highest BCUT2D eigenvalue weighted by molar-refractivity contribution is 5.69. The maximum absolute atomic E-state index is 5.48. The number of benzene rings is 1. The molecule has 1 aromatic heterocycles. The molecule has 96 valence electrons. The number of hydrogen-bond donors (Lipinski definition) is 1. The van der Waals surface area contributed by atoms with Gasteiger partial charge < -0.3 is 19.6 Å². The van der Waals surface area contributed by atoms with E-state index in [1.807, 2.05) is 19.1 Å². The third-order valence-electron chi connectivity index (χ3n) is 2.72. The molecule has 1 aromatic carbocycles. The Labute approximate surface area is 106 Å². The average molecular weight is 248 g/mol. The molecule has 2 N–H and O–H groups in total. The molecule has 5 nitrogen and oxygen atoms in total. The highest BCUT2D eigenvalue weighted by Crippen LogP contribution is 2.35. The smallest absolute Gasteiger partial charge is 0.208 e. The van der Waals surface area contributed by atoms with E-state index in [0.717, 1.165) is 22.6 Å². The van der Waals surface area contributed by atoms with Gasteiger partial charge in [-0.05, 0) is 24.6 Å². The lowest BCUT2D eigenvalue weighted by atomic mass is 10.1. The Balaban J connectivity index is 2.54. The van der Waals surface area contributed by atoms with Crippen molar-refractivity contribution in [3.8, 4) is 22.8 Å². The molecular formula is C13H16N2O3. The number of aryl methyl sites for hydroxylation is 1.